The van der Waals surface area contributed by atoms with Crippen molar-refractivity contribution in [2.45, 2.75) is 38.3 Å². The summed E-state index contributed by atoms with van der Waals surface area (Å²) in [5.74, 6) is 0.693. The summed E-state index contributed by atoms with van der Waals surface area (Å²) in [5.41, 5.74) is 5.17. The molecule has 15 heavy (non-hydrogen) atoms. The van der Waals surface area contributed by atoms with E-state index in [0.29, 0.717) is 12.8 Å². The van der Waals surface area contributed by atoms with Crippen LogP contribution in [0.1, 0.15) is 26.7 Å². The highest BCUT2D eigenvalue weighted by Gasteiger charge is 2.25. The van der Waals surface area contributed by atoms with Gasteiger partial charge in [0, 0.05) is 0 Å². The Morgan fingerprint density at radius 3 is 2.67 bits per heavy atom. The van der Waals surface area contributed by atoms with E-state index in [4.69, 9.17) is 10.8 Å². The van der Waals surface area contributed by atoms with Crippen molar-refractivity contribution < 1.29 is 9.90 Å². The predicted molar refractivity (Wildman–Crippen MR) is 64.9 cm³/mol. The van der Waals surface area contributed by atoms with Gasteiger partial charge in [-0.15, -0.1) is 0 Å². The number of carbonyl (C=O) groups excluding carboxylic acids is 1. The number of aliphatic hydroxyl groups is 1. The molecule has 0 saturated heterocycles. The number of hydrogen-bond acceptors (Lipinski definition) is 4. The number of nitrogens with two attached hydrogens (primary N) is 1. The molecule has 0 aliphatic carbocycles. The lowest BCUT2D eigenvalue weighted by Gasteiger charge is -2.28. The van der Waals surface area contributed by atoms with Gasteiger partial charge in [0.15, 0.2) is 0 Å². The summed E-state index contributed by atoms with van der Waals surface area (Å²) >= 11 is 1.67. The van der Waals surface area contributed by atoms with Crippen LogP contribution in [-0.2, 0) is 4.79 Å². The third kappa shape index (κ3) is 5.39. The molecule has 0 bridgehead atoms. The molecule has 0 aromatic heterocycles. The van der Waals surface area contributed by atoms with E-state index in [9.17, 15) is 4.79 Å². The van der Waals surface area contributed by atoms with E-state index in [0.717, 1.165) is 5.75 Å². The number of hydrogen-bond donors (Lipinski definition) is 3. The Balaban J connectivity index is 4.10. The molecule has 0 saturated carbocycles. The van der Waals surface area contributed by atoms with Crippen LogP contribution in [0.3, 0.4) is 0 Å². The van der Waals surface area contributed by atoms with Crippen LogP contribution in [0.4, 0.5) is 0 Å². The summed E-state index contributed by atoms with van der Waals surface area (Å²) in [5, 5.41) is 11.9. The van der Waals surface area contributed by atoms with Crippen LogP contribution in [0.5, 0.6) is 0 Å². The summed E-state index contributed by atoms with van der Waals surface area (Å²) < 4.78 is 0. The van der Waals surface area contributed by atoms with Crippen LogP contribution >= 0.6 is 11.8 Å². The lowest BCUT2D eigenvalue weighted by molar-refractivity contribution is -0.124. The minimum atomic E-state index is -0.548. The lowest BCUT2D eigenvalue weighted by Crippen LogP contribution is -2.53. The van der Waals surface area contributed by atoms with Crippen molar-refractivity contribution in [2.75, 3.05) is 18.6 Å². The monoisotopic (exact) mass is 234 g/mol. The van der Waals surface area contributed by atoms with Crippen molar-refractivity contribution in [3.8, 4) is 0 Å². The van der Waals surface area contributed by atoms with Crippen LogP contribution < -0.4 is 11.1 Å². The van der Waals surface area contributed by atoms with E-state index in [1.807, 2.05) is 20.1 Å². The van der Waals surface area contributed by atoms with E-state index >= 15 is 0 Å². The summed E-state index contributed by atoms with van der Waals surface area (Å²) in [6.07, 6.45) is 3.33. The Morgan fingerprint density at radius 2 is 2.27 bits per heavy atom. The van der Waals surface area contributed by atoms with Crippen molar-refractivity contribution in [1.82, 2.24) is 5.32 Å². The molecule has 5 heteroatoms. The van der Waals surface area contributed by atoms with E-state index in [-0.39, 0.29) is 12.5 Å². The SMILES string of the molecule is CCC(C)(CO)NC(=O)[C@@H](N)CCSC. The summed E-state index contributed by atoms with van der Waals surface area (Å²) in [4.78, 5) is 11.6. The third-order valence-electron chi connectivity index (χ3n) is 2.52. The van der Waals surface area contributed by atoms with Gasteiger partial charge in [-0.2, -0.15) is 11.8 Å². The van der Waals surface area contributed by atoms with Gasteiger partial charge in [-0.3, -0.25) is 4.79 Å². The minimum Gasteiger partial charge on any atom is -0.394 e. The van der Waals surface area contributed by atoms with Gasteiger partial charge in [0.05, 0.1) is 18.2 Å². The second-order valence-corrected chi connectivity index (χ2v) is 4.94. The number of amides is 1. The number of carbonyl (C=O) groups is 1. The molecule has 0 heterocycles. The molecule has 90 valence electrons. The molecule has 0 aromatic rings. The molecule has 2 atom stereocenters. The Kier molecular flexibility index (Phi) is 6.96. The lowest BCUT2D eigenvalue weighted by atomic mass is 9.99. The highest BCUT2D eigenvalue weighted by molar-refractivity contribution is 7.98. The number of rotatable bonds is 7. The van der Waals surface area contributed by atoms with Gasteiger partial charge in [0.25, 0.3) is 0 Å². The zero-order chi connectivity index (χ0) is 11.9. The maximum Gasteiger partial charge on any atom is 0.237 e. The molecule has 4 N–H and O–H groups in total. The highest BCUT2D eigenvalue weighted by atomic mass is 32.2. The maximum atomic E-state index is 11.6. The minimum absolute atomic E-state index is 0.0650. The van der Waals surface area contributed by atoms with Gasteiger partial charge < -0.3 is 16.2 Å². The molecular formula is C10H22N2O2S. The Morgan fingerprint density at radius 1 is 1.67 bits per heavy atom. The highest BCUT2D eigenvalue weighted by Crippen LogP contribution is 2.08. The Hall–Kier alpha value is -0.260. The van der Waals surface area contributed by atoms with E-state index < -0.39 is 11.6 Å². The predicted octanol–water partition coefficient (Wildman–Crippen LogP) is 0.344. The standard InChI is InChI=1S/C10H22N2O2S/c1-4-10(2,7-13)12-9(14)8(11)5-6-15-3/h8,13H,4-7,11H2,1-3H3,(H,12,14)/t8-,10?/m0/s1. The smallest absolute Gasteiger partial charge is 0.237 e. The zero-order valence-electron chi connectivity index (χ0n) is 9.75. The molecule has 1 unspecified atom stereocenters. The van der Waals surface area contributed by atoms with E-state index in [1.54, 1.807) is 11.8 Å². The van der Waals surface area contributed by atoms with Crippen LogP contribution in [0, 0.1) is 0 Å². The number of thioether (sulfide) groups is 1. The molecule has 0 fully saturated rings. The molecule has 1 amide bonds. The van der Waals surface area contributed by atoms with Gasteiger partial charge >= 0.3 is 0 Å². The fourth-order valence-electron chi connectivity index (χ4n) is 1.01. The van der Waals surface area contributed by atoms with Crippen LogP contribution in [-0.4, -0.2) is 41.2 Å². The second-order valence-electron chi connectivity index (χ2n) is 3.95. The van der Waals surface area contributed by atoms with Crippen molar-refractivity contribution in [1.29, 1.82) is 0 Å². The third-order valence-corrected chi connectivity index (χ3v) is 3.17. The first-order valence-corrected chi connectivity index (χ1v) is 6.56. The number of nitrogens with one attached hydrogen (secondary N) is 1. The van der Waals surface area contributed by atoms with E-state index in [1.165, 1.54) is 0 Å². The first kappa shape index (κ1) is 14.7. The summed E-state index contributed by atoms with van der Waals surface area (Å²) in [7, 11) is 0. The molecular weight excluding hydrogens is 212 g/mol. The topological polar surface area (TPSA) is 75.3 Å². The second kappa shape index (κ2) is 7.09. The van der Waals surface area contributed by atoms with Gasteiger partial charge in [-0.25, -0.2) is 0 Å². The van der Waals surface area contributed by atoms with Crippen molar-refractivity contribution >= 4 is 17.7 Å². The molecule has 0 aliphatic rings. The van der Waals surface area contributed by atoms with Crippen molar-refractivity contribution in [2.24, 2.45) is 5.73 Å². The number of aliphatic hydroxyl groups excluding tert-OH is 1. The average Bonchev–Trinajstić information content (AvgIpc) is 2.25. The molecule has 4 nitrogen and oxygen atoms in total. The molecule has 0 aromatic carbocycles. The molecule has 0 aliphatic heterocycles. The van der Waals surface area contributed by atoms with Gasteiger partial charge in [-0.05, 0) is 31.8 Å². The van der Waals surface area contributed by atoms with Crippen LogP contribution in [0.2, 0.25) is 0 Å². The summed E-state index contributed by atoms with van der Waals surface area (Å²) in [6.45, 7) is 3.67. The fourth-order valence-corrected chi connectivity index (χ4v) is 1.50. The van der Waals surface area contributed by atoms with Crippen molar-refractivity contribution in [3.63, 3.8) is 0 Å². The quantitative estimate of drug-likeness (QED) is 0.594. The van der Waals surface area contributed by atoms with E-state index in [2.05, 4.69) is 5.32 Å². The van der Waals surface area contributed by atoms with Gasteiger partial charge in [0.1, 0.15) is 0 Å². The van der Waals surface area contributed by atoms with Crippen LogP contribution in [0.15, 0.2) is 0 Å². The largest absolute Gasteiger partial charge is 0.394 e. The Labute approximate surface area is 96.0 Å². The average molecular weight is 234 g/mol. The van der Waals surface area contributed by atoms with Gasteiger partial charge in [-0.1, -0.05) is 6.92 Å². The Bertz CT molecular complexity index is 196. The van der Waals surface area contributed by atoms with Crippen LogP contribution in [0.25, 0.3) is 0 Å². The normalized spacial score (nSPS) is 16.9. The zero-order valence-corrected chi connectivity index (χ0v) is 10.6. The molecule has 0 rings (SSSR count). The fraction of sp³-hybridized carbons (Fsp3) is 0.900. The first-order chi connectivity index (χ1) is 6.99. The maximum absolute atomic E-state index is 11.6. The molecule has 0 radical (unpaired) electrons. The molecule has 0 spiro atoms. The summed E-state index contributed by atoms with van der Waals surface area (Å²) in [6, 6.07) is -0.477. The van der Waals surface area contributed by atoms with Crippen molar-refractivity contribution in [3.05, 3.63) is 0 Å². The first-order valence-electron chi connectivity index (χ1n) is 5.16. The van der Waals surface area contributed by atoms with Gasteiger partial charge in [0.2, 0.25) is 5.91 Å².